The third kappa shape index (κ3) is 2.37. The van der Waals surface area contributed by atoms with Crippen LogP contribution in [0.3, 0.4) is 0 Å². The lowest BCUT2D eigenvalue weighted by atomic mass is 10.2. The van der Waals surface area contributed by atoms with E-state index in [4.69, 9.17) is 0 Å². The Kier molecular flexibility index (Phi) is 3.78. The Hall–Kier alpha value is -2.67. The summed E-state index contributed by atoms with van der Waals surface area (Å²) in [5.74, 6) is 1.32. The Balaban J connectivity index is 1.88. The van der Waals surface area contributed by atoms with Gasteiger partial charge in [-0.3, -0.25) is 18.7 Å². The molecule has 1 aromatic carbocycles. The third-order valence-electron chi connectivity index (χ3n) is 3.89. The molecule has 0 aliphatic carbocycles. The van der Waals surface area contributed by atoms with Gasteiger partial charge in [-0.05, 0) is 30.7 Å². The zero-order valence-corrected chi connectivity index (χ0v) is 13.9. The van der Waals surface area contributed by atoms with E-state index in [0.717, 1.165) is 22.0 Å². The van der Waals surface area contributed by atoms with Crippen molar-refractivity contribution in [1.29, 1.82) is 0 Å². The maximum Gasteiger partial charge on any atom is 0.262 e. The maximum atomic E-state index is 12.6. The Bertz CT molecular complexity index is 1070. The number of para-hydroxylation sites is 1. The van der Waals surface area contributed by atoms with E-state index < -0.39 is 0 Å². The molecule has 3 heterocycles. The summed E-state index contributed by atoms with van der Waals surface area (Å²) in [6.45, 7) is 2.49. The Morgan fingerprint density at radius 2 is 2.00 bits per heavy atom. The van der Waals surface area contributed by atoms with Crippen LogP contribution in [0.2, 0.25) is 0 Å². The van der Waals surface area contributed by atoms with Gasteiger partial charge >= 0.3 is 0 Å². The quantitative estimate of drug-likeness (QED) is 0.536. The van der Waals surface area contributed by atoms with Crippen molar-refractivity contribution in [3.8, 4) is 0 Å². The van der Waals surface area contributed by atoms with Crippen LogP contribution in [0, 0.1) is 0 Å². The van der Waals surface area contributed by atoms with E-state index in [-0.39, 0.29) is 5.56 Å². The van der Waals surface area contributed by atoms with E-state index in [1.807, 2.05) is 53.9 Å². The summed E-state index contributed by atoms with van der Waals surface area (Å²) in [5.41, 5.74) is 1.92. The van der Waals surface area contributed by atoms with Crippen LogP contribution < -0.4 is 5.56 Å². The smallest absolute Gasteiger partial charge is 0.262 e. The zero-order chi connectivity index (χ0) is 16.5. The molecular formula is C17H15N5OS. The van der Waals surface area contributed by atoms with E-state index in [9.17, 15) is 4.79 Å². The topological polar surface area (TPSA) is 65.1 Å². The number of hydrogen-bond acceptors (Lipinski definition) is 5. The van der Waals surface area contributed by atoms with Gasteiger partial charge in [0.15, 0.2) is 5.16 Å². The average Bonchev–Trinajstić information content (AvgIpc) is 3.05. The summed E-state index contributed by atoms with van der Waals surface area (Å²) < 4.78 is 3.62. The average molecular weight is 337 g/mol. The molecule has 0 amide bonds. The largest absolute Gasteiger partial charge is 0.277 e. The molecule has 0 spiro atoms. The molecule has 0 aliphatic rings. The lowest BCUT2D eigenvalue weighted by Gasteiger charge is -2.09. The Labute approximate surface area is 142 Å². The molecule has 24 heavy (non-hydrogen) atoms. The number of benzene rings is 1. The van der Waals surface area contributed by atoms with Crippen LogP contribution in [-0.4, -0.2) is 24.1 Å². The van der Waals surface area contributed by atoms with E-state index in [0.29, 0.717) is 17.7 Å². The number of thioether (sulfide) groups is 1. The van der Waals surface area contributed by atoms with Crippen LogP contribution in [0.15, 0.2) is 58.7 Å². The molecule has 0 unspecified atom stereocenters. The van der Waals surface area contributed by atoms with Crippen molar-refractivity contribution in [3.05, 3.63) is 64.7 Å². The van der Waals surface area contributed by atoms with Crippen molar-refractivity contribution in [2.75, 3.05) is 0 Å². The molecule has 0 fully saturated rings. The molecule has 0 bridgehead atoms. The van der Waals surface area contributed by atoms with Gasteiger partial charge in [-0.1, -0.05) is 30.0 Å². The number of aryl methyl sites for hydroxylation is 1. The van der Waals surface area contributed by atoms with Gasteiger partial charge in [0.1, 0.15) is 0 Å². The highest BCUT2D eigenvalue weighted by molar-refractivity contribution is 7.98. The van der Waals surface area contributed by atoms with Crippen LogP contribution in [0.5, 0.6) is 0 Å². The van der Waals surface area contributed by atoms with Crippen LogP contribution in [0.1, 0.15) is 12.5 Å². The van der Waals surface area contributed by atoms with Gasteiger partial charge in [0, 0.05) is 24.7 Å². The first-order valence-electron chi connectivity index (χ1n) is 7.68. The summed E-state index contributed by atoms with van der Waals surface area (Å²) in [4.78, 5) is 16.8. The van der Waals surface area contributed by atoms with Crippen LogP contribution in [-0.2, 0) is 12.3 Å². The first-order chi connectivity index (χ1) is 11.8. The van der Waals surface area contributed by atoms with Crippen molar-refractivity contribution >= 4 is 28.4 Å². The minimum atomic E-state index is -0.0307. The molecule has 7 heteroatoms. The molecule has 0 saturated heterocycles. The normalized spacial score (nSPS) is 11.4. The van der Waals surface area contributed by atoms with Gasteiger partial charge in [-0.15, -0.1) is 10.2 Å². The summed E-state index contributed by atoms with van der Waals surface area (Å²) in [6.07, 6.45) is 3.60. The molecule has 4 rings (SSSR count). The number of pyridine rings is 1. The van der Waals surface area contributed by atoms with Crippen molar-refractivity contribution in [1.82, 2.24) is 24.1 Å². The summed E-state index contributed by atoms with van der Waals surface area (Å²) in [7, 11) is 0. The summed E-state index contributed by atoms with van der Waals surface area (Å²) in [5, 5.41) is 10.0. The second-order valence-electron chi connectivity index (χ2n) is 5.33. The predicted octanol–water partition coefficient (Wildman–Crippen LogP) is 2.75. The maximum absolute atomic E-state index is 12.6. The van der Waals surface area contributed by atoms with Gasteiger partial charge in [0.25, 0.3) is 5.56 Å². The molecule has 0 saturated carbocycles. The highest BCUT2D eigenvalue weighted by Gasteiger charge is 2.15. The first-order valence-corrected chi connectivity index (χ1v) is 8.66. The van der Waals surface area contributed by atoms with Crippen molar-refractivity contribution in [2.24, 2.45) is 0 Å². The lowest BCUT2D eigenvalue weighted by molar-refractivity contribution is 0.733. The number of hydrogen-bond donors (Lipinski definition) is 0. The second kappa shape index (κ2) is 6.09. The van der Waals surface area contributed by atoms with Crippen LogP contribution in [0.4, 0.5) is 0 Å². The number of fused-ring (bicyclic) bond motifs is 3. The third-order valence-corrected chi connectivity index (χ3v) is 4.89. The minimum absolute atomic E-state index is 0.0307. The molecule has 6 nitrogen and oxygen atoms in total. The lowest BCUT2D eigenvalue weighted by Crippen LogP contribution is -2.22. The first kappa shape index (κ1) is 14.9. The highest BCUT2D eigenvalue weighted by Crippen LogP contribution is 2.24. The number of aromatic nitrogens is 5. The van der Waals surface area contributed by atoms with E-state index in [2.05, 4.69) is 15.2 Å². The van der Waals surface area contributed by atoms with Gasteiger partial charge in [0.05, 0.1) is 10.9 Å². The molecule has 0 aliphatic heterocycles. The van der Waals surface area contributed by atoms with E-state index >= 15 is 0 Å². The summed E-state index contributed by atoms with van der Waals surface area (Å²) >= 11 is 1.58. The number of rotatable bonds is 4. The Morgan fingerprint density at radius 3 is 2.79 bits per heavy atom. The summed E-state index contributed by atoms with van der Waals surface area (Å²) in [6, 6.07) is 11.5. The van der Waals surface area contributed by atoms with E-state index in [1.165, 1.54) is 0 Å². The van der Waals surface area contributed by atoms with Crippen LogP contribution in [0.25, 0.3) is 16.7 Å². The van der Waals surface area contributed by atoms with Crippen molar-refractivity contribution < 1.29 is 0 Å². The second-order valence-corrected chi connectivity index (χ2v) is 6.28. The molecule has 0 N–H and O–H groups in total. The fraction of sp³-hybridized carbons (Fsp3) is 0.176. The fourth-order valence-electron chi connectivity index (χ4n) is 2.74. The van der Waals surface area contributed by atoms with Gasteiger partial charge in [0.2, 0.25) is 5.78 Å². The monoisotopic (exact) mass is 337 g/mol. The minimum Gasteiger partial charge on any atom is -0.277 e. The highest BCUT2D eigenvalue weighted by atomic mass is 32.2. The zero-order valence-electron chi connectivity index (χ0n) is 13.1. The molecule has 0 atom stereocenters. The van der Waals surface area contributed by atoms with Gasteiger partial charge in [-0.2, -0.15) is 0 Å². The molecule has 3 aromatic heterocycles. The fourth-order valence-corrected chi connectivity index (χ4v) is 3.62. The van der Waals surface area contributed by atoms with Crippen molar-refractivity contribution in [3.63, 3.8) is 0 Å². The Morgan fingerprint density at radius 1 is 1.12 bits per heavy atom. The SMILES string of the molecule is CCn1c(=O)c2ccccc2n2c(SCc3cccnc3)nnc12. The molecule has 4 aromatic rings. The molecule has 0 radical (unpaired) electrons. The van der Waals surface area contributed by atoms with Gasteiger partial charge < -0.3 is 0 Å². The molecular weight excluding hydrogens is 322 g/mol. The standard InChI is InChI=1S/C17H15N5OS/c1-2-21-15(23)13-7-3-4-8-14(13)22-16(21)19-20-17(22)24-11-12-6-5-9-18-10-12/h3-10H,2,11H2,1H3. The van der Waals surface area contributed by atoms with Crippen LogP contribution >= 0.6 is 11.8 Å². The van der Waals surface area contributed by atoms with Gasteiger partial charge in [-0.25, -0.2) is 0 Å². The number of nitrogens with zero attached hydrogens (tertiary/aromatic N) is 5. The predicted molar refractivity (Wildman–Crippen MR) is 94.2 cm³/mol. The molecule has 120 valence electrons. The van der Waals surface area contributed by atoms with Crippen molar-refractivity contribution in [2.45, 2.75) is 24.4 Å². The van der Waals surface area contributed by atoms with E-state index in [1.54, 1.807) is 22.5 Å².